The van der Waals surface area contributed by atoms with Gasteiger partial charge in [0, 0.05) is 19.6 Å². The van der Waals surface area contributed by atoms with E-state index in [-0.39, 0.29) is 11.6 Å². The van der Waals surface area contributed by atoms with E-state index in [1.165, 1.54) is 18.2 Å². The number of para-hydroxylation sites is 2. The smallest absolute Gasteiger partial charge is 0.410 e. The summed E-state index contributed by atoms with van der Waals surface area (Å²) in [4.78, 5) is 37.6. The Morgan fingerprint density at radius 3 is 2.31 bits per heavy atom. The fraction of sp³-hybridized carbons (Fsp3) is 0.286. The molecule has 0 aromatic heterocycles. The molecule has 2 aromatic carbocycles. The van der Waals surface area contributed by atoms with Crippen molar-refractivity contribution >= 4 is 23.6 Å². The molecular formula is C21H22FN3O4. The molecular weight excluding hydrogens is 377 g/mol. The van der Waals surface area contributed by atoms with Gasteiger partial charge in [0.1, 0.15) is 11.6 Å². The van der Waals surface area contributed by atoms with E-state index < -0.39 is 23.7 Å². The Labute approximate surface area is 167 Å². The van der Waals surface area contributed by atoms with Crippen LogP contribution in [0.3, 0.4) is 0 Å². The Morgan fingerprint density at radius 2 is 1.62 bits per heavy atom. The molecule has 7 nitrogen and oxygen atoms in total. The van der Waals surface area contributed by atoms with Gasteiger partial charge < -0.3 is 20.3 Å². The van der Waals surface area contributed by atoms with Crippen molar-refractivity contribution in [3.05, 3.63) is 60.4 Å². The lowest BCUT2D eigenvalue weighted by Crippen LogP contribution is -2.44. The molecule has 0 bridgehead atoms. The quantitative estimate of drug-likeness (QED) is 0.774. The number of carbonyl (C=O) groups excluding carboxylic acids is 3. The molecule has 3 rings (SSSR count). The van der Waals surface area contributed by atoms with Crippen LogP contribution in [0.15, 0.2) is 54.6 Å². The summed E-state index contributed by atoms with van der Waals surface area (Å²) >= 11 is 0. The number of benzene rings is 2. The van der Waals surface area contributed by atoms with Crippen LogP contribution in [0.5, 0.6) is 5.75 Å². The SMILES string of the molecule is O=C(NCC1CCN(C(=O)Oc2ccccc2)CC1)C(=O)Nc1ccccc1F. The van der Waals surface area contributed by atoms with Crippen molar-refractivity contribution in [2.24, 2.45) is 5.92 Å². The maximum Gasteiger partial charge on any atom is 0.415 e. The molecule has 2 N–H and O–H groups in total. The van der Waals surface area contributed by atoms with E-state index >= 15 is 0 Å². The molecule has 1 heterocycles. The van der Waals surface area contributed by atoms with Crippen molar-refractivity contribution < 1.29 is 23.5 Å². The minimum Gasteiger partial charge on any atom is -0.410 e. The number of piperidine rings is 1. The Morgan fingerprint density at radius 1 is 0.966 bits per heavy atom. The zero-order valence-electron chi connectivity index (χ0n) is 15.8. The number of halogens is 1. The standard InChI is InChI=1S/C21H22FN3O4/c22-17-8-4-5-9-18(17)24-20(27)19(26)23-14-15-10-12-25(13-11-15)21(28)29-16-6-2-1-3-7-16/h1-9,15H,10-14H2,(H,23,26)(H,24,27). The maximum absolute atomic E-state index is 13.5. The van der Waals surface area contributed by atoms with Crippen LogP contribution in [-0.4, -0.2) is 42.4 Å². The number of anilines is 1. The summed E-state index contributed by atoms with van der Waals surface area (Å²) in [6.07, 6.45) is 0.959. The van der Waals surface area contributed by atoms with Gasteiger partial charge in [-0.2, -0.15) is 0 Å². The van der Waals surface area contributed by atoms with Gasteiger partial charge in [-0.3, -0.25) is 9.59 Å². The van der Waals surface area contributed by atoms with E-state index in [1.54, 1.807) is 35.2 Å². The number of likely N-dealkylation sites (tertiary alicyclic amines) is 1. The average Bonchev–Trinajstić information content (AvgIpc) is 2.74. The second kappa shape index (κ2) is 9.68. The number of hydrogen-bond donors (Lipinski definition) is 2. The lowest BCUT2D eigenvalue weighted by atomic mass is 9.97. The first-order chi connectivity index (χ1) is 14.0. The third-order valence-corrected chi connectivity index (χ3v) is 4.70. The van der Waals surface area contributed by atoms with E-state index in [0.29, 0.717) is 38.2 Å². The van der Waals surface area contributed by atoms with Gasteiger partial charge in [-0.05, 0) is 43.0 Å². The summed E-state index contributed by atoms with van der Waals surface area (Å²) in [5.74, 6) is -1.71. The highest BCUT2D eigenvalue weighted by Crippen LogP contribution is 2.18. The van der Waals surface area contributed by atoms with Crippen molar-refractivity contribution in [2.45, 2.75) is 12.8 Å². The highest BCUT2D eigenvalue weighted by molar-refractivity contribution is 6.39. The van der Waals surface area contributed by atoms with Crippen LogP contribution in [-0.2, 0) is 9.59 Å². The molecule has 152 valence electrons. The van der Waals surface area contributed by atoms with E-state index in [1.807, 2.05) is 6.07 Å². The van der Waals surface area contributed by atoms with E-state index in [2.05, 4.69) is 10.6 Å². The average molecular weight is 399 g/mol. The van der Waals surface area contributed by atoms with E-state index in [0.717, 1.165) is 0 Å². The number of ether oxygens (including phenoxy) is 1. The van der Waals surface area contributed by atoms with Crippen LogP contribution >= 0.6 is 0 Å². The van der Waals surface area contributed by atoms with Crippen molar-refractivity contribution in [2.75, 3.05) is 25.0 Å². The normalized spacial score (nSPS) is 14.2. The molecule has 0 atom stereocenters. The maximum atomic E-state index is 13.5. The molecule has 1 aliphatic rings. The molecule has 8 heteroatoms. The van der Waals surface area contributed by atoms with Gasteiger partial charge in [-0.1, -0.05) is 30.3 Å². The number of amides is 3. The molecule has 1 fully saturated rings. The largest absolute Gasteiger partial charge is 0.415 e. The van der Waals surface area contributed by atoms with Crippen molar-refractivity contribution in [3.8, 4) is 5.75 Å². The van der Waals surface area contributed by atoms with Crippen LogP contribution in [0, 0.1) is 11.7 Å². The first-order valence-electron chi connectivity index (χ1n) is 9.38. The summed E-state index contributed by atoms with van der Waals surface area (Å²) < 4.78 is 18.9. The highest BCUT2D eigenvalue weighted by atomic mass is 19.1. The Bertz CT molecular complexity index is 867. The van der Waals surface area contributed by atoms with Gasteiger partial charge in [-0.15, -0.1) is 0 Å². The molecule has 3 amide bonds. The van der Waals surface area contributed by atoms with E-state index in [9.17, 15) is 18.8 Å². The van der Waals surface area contributed by atoms with Crippen molar-refractivity contribution in [3.63, 3.8) is 0 Å². The highest BCUT2D eigenvalue weighted by Gasteiger charge is 2.25. The molecule has 0 saturated carbocycles. The summed E-state index contributed by atoms with van der Waals surface area (Å²) in [7, 11) is 0. The van der Waals surface area contributed by atoms with Crippen LogP contribution in [0.4, 0.5) is 14.9 Å². The van der Waals surface area contributed by atoms with Gasteiger partial charge in [-0.25, -0.2) is 9.18 Å². The summed E-state index contributed by atoms with van der Waals surface area (Å²) in [6, 6.07) is 14.5. The second-order valence-corrected chi connectivity index (χ2v) is 6.76. The fourth-order valence-electron chi connectivity index (χ4n) is 3.03. The zero-order chi connectivity index (χ0) is 20.6. The van der Waals surface area contributed by atoms with Gasteiger partial charge in [0.05, 0.1) is 5.69 Å². The van der Waals surface area contributed by atoms with Crippen LogP contribution < -0.4 is 15.4 Å². The molecule has 2 aromatic rings. The molecule has 29 heavy (non-hydrogen) atoms. The summed E-state index contributed by atoms with van der Waals surface area (Å²) in [6.45, 7) is 1.33. The predicted octanol–water partition coefficient (Wildman–Crippen LogP) is 2.79. The Hall–Kier alpha value is -3.42. The summed E-state index contributed by atoms with van der Waals surface area (Å²) in [5, 5.41) is 4.82. The van der Waals surface area contributed by atoms with Gasteiger partial charge in [0.2, 0.25) is 0 Å². The topological polar surface area (TPSA) is 87.7 Å². The minimum atomic E-state index is -0.918. The third-order valence-electron chi connectivity index (χ3n) is 4.70. The first kappa shape index (κ1) is 20.3. The molecule has 0 unspecified atom stereocenters. The number of rotatable bonds is 4. The Balaban J connectivity index is 1.39. The molecule has 0 aliphatic carbocycles. The molecule has 0 radical (unpaired) electrons. The third kappa shape index (κ3) is 5.78. The number of hydrogen-bond acceptors (Lipinski definition) is 4. The van der Waals surface area contributed by atoms with Gasteiger partial charge in [0.15, 0.2) is 0 Å². The van der Waals surface area contributed by atoms with Crippen molar-refractivity contribution in [1.82, 2.24) is 10.2 Å². The van der Waals surface area contributed by atoms with E-state index in [4.69, 9.17) is 4.74 Å². The molecule has 0 spiro atoms. The first-order valence-corrected chi connectivity index (χ1v) is 9.38. The lowest BCUT2D eigenvalue weighted by Gasteiger charge is -2.31. The minimum absolute atomic E-state index is 0.0436. The fourth-order valence-corrected chi connectivity index (χ4v) is 3.03. The van der Waals surface area contributed by atoms with Crippen molar-refractivity contribution in [1.29, 1.82) is 0 Å². The lowest BCUT2D eigenvalue weighted by molar-refractivity contribution is -0.136. The van der Waals surface area contributed by atoms with Crippen LogP contribution in [0.2, 0.25) is 0 Å². The van der Waals surface area contributed by atoms with Gasteiger partial charge in [0.25, 0.3) is 0 Å². The summed E-state index contributed by atoms with van der Waals surface area (Å²) in [5.41, 5.74) is -0.0436. The number of nitrogens with zero attached hydrogens (tertiary/aromatic N) is 1. The molecule has 1 saturated heterocycles. The molecule has 1 aliphatic heterocycles. The van der Waals surface area contributed by atoms with Crippen LogP contribution in [0.1, 0.15) is 12.8 Å². The predicted molar refractivity (Wildman–Crippen MR) is 105 cm³/mol. The van der Waals surface area contributed by atoms with Crippen LogP contribution in [0.25, 0.3) is 0 Å². The second-order valence-electron chi connectivity index (χ2n) is 6.76. The Kier molecular flexibility index (Phi) is 6.78. The number of nitrogens with one attached hydrogen (secondary N) is 2. The van der Waals surface area contributed by atoms with Gasteiger partial charge >= 0.3 is 17.9 Å². The number of carbonyl (C=O) groups is 3. The monoisotopic (exact) mass is 399 g/mol. The zero-order valence-corrected chi connectivity index (χ0v) is 15.8.